The van der Waals surface area contributed by atoms with E-state index in [4.69, 9.17) is 9.47 Å². The summed E-state index contributed by atoms with van der Waals surface area (Å²) in [5.41, 5.74) is 1.61. The molecule has 98 valence electrons. The second-order valence-electron chi connectivity index (χ2n) is 4.60. The fourth-order valence-electron chi connectivity index (χ4n) is 1.90. The van der Waals surface area contributed by atoms with Gasteiger partial charge in [-0.05, 0) is 37.5 Å². The normalized spacial score (nSPS) is 14.4. The average Bonchev–Trinajstić information content (AvgIpc) is 3.19. The van der Waals surface area contributed by atoms with Crippen LogP contribution in [-0.4, -0.2) is 32.6 Å². The Morgan fingerprint density at radius 3 is 2.44 bits per heavy atom. The largest absolute Gasteiger partial charge is 0.493 e. The first-order chi connectivity index (χ1) is 8.65. The van der Waals surface area contributed by atoms with Crippen molar-refractivity contribution < 1.29 is 14.3 Å². The maximum atomic E-state index is 12.1. The van der Waals surface area contributed by atoms with Crippen LogP contribution in [0.5, 0.6) is 11.5 Å². The molecule has 1 aliphatic rings. The van der Waals surface area contributed by atoms with Gasteiger partial charge in [0.1, 0.15) is 0 Å². The van der Waals surface area contributed by atoms with E-state index < -0.39 is 0 Å². The molecule has 2 rings (SSSR count). The first kappa shape index (κ1) is 12.9. The second kappa shape index (κ2) is 5.40. The Kier molecular flexibility index (Phi) is 3.87. The van der Waals surface area contributed by atoms with Gasteiger partial charge in [0.05, 0.1) is 20.8 Å². The van der Waals surface area contributed by atoms with Crippen LogP contribution in [0.15, 0.2) is 12.1 Å². The summed E-state index contributed by atoms with van der Waals surface area (Å²) in [6, 6.07) is 4.13. The molecule has 0 saturated heterocycles. The van der Waals surface area contributed by atoms with Gasteiger partial charge in [-0.15, -0.1) is 0 Å². The number of ketones is 1. The number of carbonyl (C=O) groups is 1. The summed E-state index contributed by atoms with van der Waals surface area (Å²) in [6.07, 6.45) is 2.36. The summed E-state index contributed by atoms with van der Waals surface area (Å²) in [7, 11) is 3.16. The molecule has 4 heteroatoms. The molecule has 0 bridgehead atoms. The minimum atomic E-state index is 0.0975. The van der Waals surface area contributed by atoms with Crippen LogP contribution in [0.25, 0.3) is 0 Å². The Labute approximate surface area is 107 Å². The van der Waals surface area contributed by atoms with Gasteiger partial charge in [-0.25, -0.2) is 0 Å². The summed E-state index contributed by atoms with van der Waals surface area (Å²) in [4.78, 5) is 12.1. The highest BCUT2D eigenvalue weighted by Gasteiger charge is 2.22. The zero-order chi connectivity index (χ0) is 13.1. The molecule has 0 aromatic heterocycles. The maximum Gasteiger partial charge on any atom is 0.177 e. The molecule has 18 heavy (non-hydrogen) atoms. The smallest absolute Gasteiger partial charge is 0.177 e. The summed E-state index contributed by atoms with van der Waals surface area (Å²) < 4.78 is 10.4. The topological polar surface area (TPSA) is 47.6 Å². The lowest BCUT2D eigenvalue weighted by Gasteiger charge is -2.12. The maximum absolute atomic E-state index is 12.1. The number of hydrogen-bond acceptors (Lipinski definition) is 4. The molecule has 1 fully saturated rings. The van der Waals surface area contributed by atoms with Crippen LogP contribution in [0.4, 0.5) is 0 Å². The van der Waals surface area contributed by atoms with Crippen molar-refractivity contribution in [2.75, 3.05) is 20.8 Å². The number of methoxy groups -OCH3 is 2. The highest BCUT2D eigenvalue weighted by molar-refractivity contribution is 5.99. The fourth-order valence-corrected chi connectivity index (χ4v) is 1.90. The van der Waals surface area contributed by atoms with Gasteiger partial charge in [0, 0.05) is 11.6 Å². The van der Waals surface area contributed by atoms with E-state index >= 15 is 0 Å². The molecule has 1 aromatic carbocycles. The first-order valence-electron chi connectivity index (χ1n) is 6.15. The molecule has 1 saturated carbocycles. The number of ether oxygens (including phenoxy) is 2. The van der Waals surface area contributed by atoms with Gasteiger partial charge in [-0.1, -0.05) is 0 Å². The van der Waals surface area contributed by atoms with Crippen molar-refractivity contribution >= 4 is 5.78 Å². The van der Waals surface area contributed by atoms with Crippen molar-refractivity contribution in [3.63, 3.8) is 0 Å². The van der Waals surface area contributed by atoms with Crippen LogP contribution >= 0.6 is 0 Å². The predicted molar refractivity (Wildman–Crippen MR) is 69.6 cm³/mol. The Morgan fingerprint density at radius 1 is 1.28 bits per heavy atom. The van der Waals surface area contributed by atoms with Gasteiger partial charge < -0.3 is 14.8 Å². The van der Waals surface area contributed by atoms with Crippen molar-refractivity contribution in [1.29, 1.82) is 0 Å². The zero-order valence-electron chi connectivity index (χ0n) is 11.1. The van der Waals surface area contributed by atoms with Crippen LogP contribution in [-0.2, 0) is 0 Å². The third-order valence-electron chi connectivity index (χ3n) is 3.16. The van der Waals surface area contributed by atoms with Gasteiger partial charge in [-0.2, -0.15) is 0 Å². The second-order valence-corrected chi connectivity index (χ2v) is 4.60. The summed E-state index contributed by atoms with van der Waals surface area (Å²) in [5.74, 6) is 1.35. The minimum absolute atomic E-state index is 0.0975. The van der Waals surface area contributed by atoms with Crippen molar-refractivity contribution in [3.05, 3.63) is 23.3 Å². The van der Waals surface area contributed by atoms with E-state index in [1.807, 2.05) is 13.0 Å². The lowest BCUT2D eigenvalue weighted by Crippen LogP contribution is -2.25. The number of nitrogens with one attached hydrogen (secondary N) is 1. The van der Waals surface area contributed by atoms with Crippen LogP contribution in [0.2, 0.25) is 0 Å². The number of hydrogen-bond donors (Lipinski definition) is 1. The number of carbonyl (C=O) groups excluding carboxylic acids is 1. The monoisotopic (exact) mass is 249 g/mol. The molecule has 0 unspecified atom stereocenters. The minimum Gasteiger partial charge on any atom is -0.493 e. The van der Waals surface area contributed by atoms with Crippen LogP contribution in [0.3, 0.4) is 0 Å². The molecule has 0 spiro atoms. The molecule has 4 nitrogen and oxygen atoms in total. The highest BCUT2D eigenvalue weighted by atomic mass is 16.5. The number of benzene rings is 1. The SMILES string of the molecule is COc1cc(C)c(C(=O)CNC2CC2)cc1OC. The Balaban J connectivity index is 2.17. The molecule has 0 amide bonds. The van der Waals surface area contributed by atoms with Crippen molar-refractivity contribution in [2.45, 2.75) is 25.8 Å². The van der Waals surface area contributed by atoms with Crippen molar-refractivity contribution in [3.8, 4) is 11.5 Å². The third-order valence-corrected chi connectivity index (χ3v) is 3.16. The third kappa shape index (κ3) is 2.82. The number of Topliss-reactive ketones (excluding diaryl/α,β-unsaturated/α-hetero) is 1. The first-order valence-corrected chi connectivity index (χ1v) is 6.15. The standard InChI is InChI=1S/C14H19NO3/c1-9-6-13(17-2)14(18-3)7-11(9)12(16)8-15-10-4-5-10/h6-7,10,15H,4-5,8H2,1-3H3. The molecule has 0 aliphatic heterocycles. The molecule has 1 N–H and O–H groups in total. The Bertz CT molecular complexity index is 453. The Morgan fingerprint density at radius 2 is 1.89 bits per heavy atom. The van der Waals surface area contributed by atoms with Gasteiger partial charge in [-0.3, -0.25) is 4.79 Å². The predicted octanol–water partition coefficient (Wildman–Crippen LogP) is 1.95. The van der Waals surface area contributed by atoms with E-state index in [0.717, 1.165) is 5.56 Å². The summed E-state index contributed by atoms with van der Waals surface area (Å²) in [6.45, 7) is 2.30. The van der Waals surface area contributed by atoms with Crippen LogP contribution in [0.1, 0.15) is 28.8 Å². The van der Waals surface area contributed by atoms with E-state index in [1.54, 1.807) is 20.3 Å². The van der Waals surface area contributed by atoms with Gasteiger partial charge in [0.15, 0.2) is 17.3 Å². The highest BCUT2D eigenvalue weighted by Crippen LogP contribution is 2.30. The molecule has 0 heterocycles. The molecular formula is C14H19NO3. The zero-order valence-corrected chi connectivity index (χ0v) is 11.1. The van der Waals surface area contributed by atoms with Crippen molar-refractivity contribution in [1.82, 2.24) is 5.32 Å². The van der Waals surface area contributed by atoms with E-state index in [9.17, 15) is 4.79 Å². The molecular weight excluding hydrogens is 230 g/mol. The fraction of sp³-hybridized carbons (Fsp3) is 0.500. The van der Waals surface area contributed by atoms with Gasteiger partial charge in [0.25, 0.3) is 0 Å². The van der Waals surface area contributed by atoms with Crippen molar-refractivity contribution in [2.24, 2.45) is 0 Å². The lowest BCUT2D eigenvalue weighted by molar-refractivity contribution is 0.0989. The quantitative estimate of drug-likeness (QED) is 0.783. The number of aryl methyl sites for hydroxylation is 1. The van der Waals surface area contributed by atoms with Crippen LogP contribution < -0.4 is 14.8 Å². The van der Waals surface area contributed by atoms with Gasteiger partial charge in [0.2, 0.25) is 0 Å². The molecule has 1 aromatic rings. The average molecular weight is 249 g/mol. The van der Waals surface area contributed by atoms with E-state index in [2.05, 4.69) is 5.32 Å². The van der Waals surface area contributed by atoms with Crippen LogP contribution in [0, 0.1) is 6.92 Å². The van der Waals surface area contributed by atoms with Gasteiger partial charge >= 0.3 is 0 Å². The molecule has 0 atom stereocenters. The lowest BCUT2D eigenvalue weighted by atomic mass is 10.0. The number of rotatable bonds is 6. The molecule has 1 aliphatic carbocycles. The Hall–Kier alpha value is -1.55. The van der Waals surface area contributed by atoms with E-state index in [0.29, 0.717) is 29.6 Å². The summed E-state index contributed by atoms with van der Waals surface area (Å²) in [5, 5.41) is 3.23. The summed E-state index contributed by atoms with van der Waals surface area (Å²) >= 11 is 0. The molecule has 0 radical (unpaired) electrons. The van der Waals surface area contributed by atoms with E-state index in [-0.39, 0.29) is 5.78 Å². The van der Waals surface area contributed by atoms with E-state index in [1.165, 1.54) is 12.8 Å².